The second-order valence-corrected chi connectivity index (χ2v) is 7.09. The maximum atomic E-state index is 12.1. The van der Waals surface area contributed by atoms with Crippen molar-refractivity contribution < 1.29 is 14.6 Å². The molecule has 4 N–H and O–H groups in total. The molecule has 0 saturated carbocycles. The molecule has 0 spiro atoms. The van der Waals surface area contributed by atoms with Gasteiger partial charge in [0, 0.05) is 19.6 Å². The lowest BCUT2D eigenvalue weighted by Gasteiger charge is -2.16. The number of aliphatic imine (C=N–C) groups is 1. The van der Waals surface area contributed by atoms with Crippen LogP contribution in [0.2, 0.25) is 0 Å². The minimum atomic E-state index is -0.714. The number of rotatable bonds is 10. The van der Waals surface area contributed by atoms with E-state index in [9.17, 15) is 9.90 Å². The number of benzene rings is 2. The molecule has 2 aromatic carbocycles. The molecule has 0 saturated heterocycles. The van der Waals surface area contributed by atoms with Crippen LogP contribution in [0.5, 0.6) is 5.75 Å². The molecule has 0 aromatic heterocycles. The van der Waals surface area contributed by atoms with Crippen molar-refractivity contribution in [3.63, 3.8) is 0 Å². The Kier molecular flexibility index (Phi) is 12.6. The fourth-order valence-corrected chi connectivity index (χ4v) is 2.70. The fraction of sp³-hybridized carbons (Fsp3) is 0.391. The molecule has 0 aliphatic heterocycles. The smallest absolute Gasteiger partial charge is 0.242 e. The molecule has 7 nitrogen and oxygen atoms in total. The molecule has 0 heterocycles. The zero-order chi connectivity index (χ0) is 21.8. The standard InChI is InChI=1S/C23H32N4O3.HI/c1-4-24-23(27-16-22(29)25-14-18-8-6-5-7-9-18)26-15-21(28)19-10-12-20(13-11-19)30-17(2)3;/h5-13,17,21,28H,4,14-16H2,1-3H3,(H,25,29)(H2,24,26,27);1H. The van der Waals surface area contributed by atoms with Gasteiger partial charge in [0.15, 0.2) is 5.96 Å². The third-order valence-electron chi connectivity index (χ3n) is 4.16. The van der Waals surface area contributed by atoms with Crippen LogP contribution in [0.3, 0.4) is 0 Å². The number of nitrogens with one attached hydrogen (secondary N) is 3. The Morgan fingerprint density at radius 1 is 1.03 bits per heavy atom. The summed E-state index contributed by atoms with van der Waals surface area (Å²) in [5, 5.41) is 19.4. The first-order chi connectivity index (χ1) is 14.5. The van der Waals surface area contributed by atoms with Crippen LogP contribution in [0, 0.1) is 0 Å². The maximum absolute atomic E-state index is 12.1. The predicted molar refractivity (Wildman–Crippen MR) is 135 cm³/mol. The van der Waals surface area contributed by atoms with Crippen LogP contribution in [0.4, 0.5) is 0 Å². The van der Waals surface area contributed by atoms with E-state index in [1.54, 1.807) is 0 Å². The van der Waals surface area contributed by atoms with Crippen LogP contribution >= 0.6 is 24.0 Å². The first kappa shape index (κ1) is 26.7. The van der Waals surface area contributed by atoms with Gasteiger partial charge in [0.2, 0.25) is 5.91 Å². The van der Waals surface area contributed by atoms with Crippen LogP contribution in [-0.4, -0.2) is 42.7 Å². The number of nitrogens with zero attached hydrogens (tertiary/aromatic N) is 1. The molecular formula is C23H33IN4O3. The van der Waals surface area contributed by atoms with Gasteiger partial charge in [-0.3, -0.25) is 4.79 Å². The number of hydrogen-bond donors (Lipinski definition) is 4. The van der Waals surface area contributed by atoms with Gasteiger partial charge in [0.05, 0.1) is 12.2 Å². The van der Waals surface area contributed by atoms with Gasteiger partial charge in [-0.1, -0.05) is 42.5 Å². The van der Waals surface area contributed by atoms with E-state index < -0.39 is 6.10 Å². The lowest BCUT2D eigenvalue weighted by molar-refractivity contribution is -0.119. The van der Waals surface area contributed by atoms with Crippen molar-refractivity contribution >= 4 is 35.8 Å². The molecule has 2 rings (SSSR count). The molecule has 0 radical (unpaired) electrons. The third-order valence-corrected chi connectivity index (χ3v) is 4.16. The van der Waals surface area contributed by atoms with Crippen molar-refractivity contribution in [1.29, 1.82) is 0 Å². The second kappa shape index (κ2) is 14.6. The zero-order valence-electron chi connectivity index (χ0n) is 18.3. The quantitative estimate of drug-likeness (QED) is 0.211. The van der Waals surface area contributed by atoms with E-state index in [4.69, 9.17) is 4.74 Å². The molecule has 0 aliphatic rings. The number of aliphatic hydroxyl groups is 1. The monoisotopic (exact) mass is 540 g/mol. The molecule has 1 unspecified atom stereocenters. The summed E-state index contributed by atoms with van der Waals surface area (Å²) in [6.45, 7) is 7.26. The van der Waals surface area contributed by atoms with E-state index in [2.05, 4.69) is 20.9 Å². The van der Waals surface area contributed by atoms with Crippen LogP contribution in [-0.2, 0) is 11.3 Å². The van der Waals surface area contributed by atoms with Crippen molar-refractivity contribution in [1.82, 2.24) is 16.0 Å². The van der Waals surface area contributed by atoms with E-state index in [0.717, 1.165) is 16.9 Å². The molecule has 2 aromatic rings. The van der Waals surface area contributed by atoms with Gasteiger partial charge < -0.3 is 25.8 Å². The minimum absolute atomic E-state index is 0. The van der Waals surface area contributed by atoms with Crippen molar-refractivity contribution in [2.75, 3.05) is 19.6 Å². The number of hydrogen-bond acceptors (Lipinski definition) is 4. The molecule has 170 valence electrons. The number of ether oxygens (including phenoxy) is 1. The van der Waals surface area contributed by atoms with E-state index in [1.165, 1.54) is 0 Å². The predicted octanol–water partition coefficient (Wildman–Crippen LogP) is 3.00. The maximum Gasteiger partial charge on any atom is 0.242 e. The summed E-state index contributed by atoms with van der Waals surface area (Å²) in [5.74, 6) is 1.08. The summed E-state index contributed by atoms with van der Waals surface area (Å²) in [7, 11) is 0. The first-order valence-electron chi connectivity index (χ1n) is 10.3. The van der Waals surface area contributed by atoms with Gasteiger partial charge in [-0.2, -0.15) is 0 Å². The molecule has 31 heavy (non-hydrogen) atoms. The van der Waals surface area contributed by atoms with Gasteiger partial charge in [0.25, 0.3) is 0 Å². The summed E-state index contributed by atoms with van der Waals surface area (Å²) in [6, 6.07) is 17.1. The van der Waals surface area contributed by atoms with Crippen LogP contribution in [0.25, 0.3) is 0 Å². The summed E-state index contributed by atoms with van der Waals surface area (Å²) in [5.41, 5.74) is 1.81. The molecule has 0 bridgehead atoms. The SMILES string of the molecule is CCNC(=NCC(=O)NCc1ccccc1)NCC(O)c1ccc(OC(C)C)cc1.I. The topological polar surface area (TPSA) is 95.0 Å². The molecule has 0 aliphatic carbocycles. The van der Waals surface area contributed by atoms with Crippen molar-refractivity contribution in [2.45, 2.75) is 39.5 Å². The van der Waals surface area contributed by atoms with E-state index in [1.807, 2.05) is 75.4 Å². The summed E-state index contributed by atoms with van der Waals surface area (Å²) in [6.07, 6.45) is -0.611. The molecule has 0 fully saturated rings. The van der Waals surface area contributed by atoms with Gasteiger partial charge in [-0.05, 0) is 44.0 Å². The number of guanidine groups is 1. The van der Waals surface area contributed by atoms with Crippen molar-refractivity contribution in [2.24, 2.45) is 4.99 Å². The second-order valence-electron chi connectivity index (χ2n) is 7.09. The van der Waals surface area contributed by atoms with Gasteiger partial charge >= 0.3 is 0 Å². The fourth-order valence-electron chi connectivity index (χ4n) is 2.70. The zero-order valence-corrected chi connectivity index (χ0v) is 20.6. The molecule has 8 heteroatoms. The highest BCUT2D eigenvalue weighted by Gasteiger charge is 2.10. The number of aliphatic hydroxyl groups excluding tert-OH is 1. The molecule has 1 amide bonds. The number of carbonyl (C=O) groups is 1. The minimum Gasteiger partial charge on any atom is -0.491 e. The van der Waals surface area contributed by atoms with Crippen molar-refractivity contribution in [3.8, 4) is 5.75 Å². The Balaban J connectivity index is 0.00000480. The normalized spacial score (nSPS) is 12.0. The highest BCUT2D eigenvalue weighted by molar-refractivity contribution is 14.0. The number of halogens is 1. The average Bonchev–Trinajstić information content (AvgIpc) is 2.75. The van der Waals surface area contributed by atoms with Gasteiger partial charge in [-0.25, -0.2) is 4.99 Å². The Bertz CT molecular complexity index is 798. The Hall–Kier alpha value is -2.33. The van der Waals surface area contributed by atoms with E-state index >= 15 is 0 Å². The number of amides is 1. The highest BCUT2D eigenvalue weighted by atomic mass is 127. The van der Waals surface area contributed by atoms with Gasteiger partial charge in [0.1, 0.15) is 12.3 Å². The molecular weight excluding hydrogens is 507 g/mol. The largest absolute Gasteiger partial charge is 0.491 e. The third kappa shape index (κ3) is 10.5. The summed E-state index contributed by atoms with van der Waals surface area (Å²) >= 11 is 0. The number of carbonyl (C=O) groups excluding carboxylic acids is 1. The average molecular weight is 540 g/mol. The Labute approximate surface area is 201 Å². The van der Waals surface area contributed by atoms with Crippen LogP contribution < -0.4 is 20.7 Å². The lowest BCUT2D eigenvalue weighted by atomic mass is 10.1. The van der Waals surface area contributed by atoms with Crippen LogP contribution in [0.15, 0.2) is 59.6 Å². The Morgan fingerprint density at radius 2 is 1.71 bits per heavy atom. The van der Waals surface area contributed by atoms with E-state index in [0.29, 0.717) is 19.0 Å². The summed E-state index contributed by atoms with van der Waals surface area (Å²) in [4.78, 5) is 16.3. The van der Waals surface area contributed by atoms with E-state index in [-0.39, 0.29) is 49.1 Å². The van der Waals surface area contributed by atoms with Crippen molar-refractivity contribution in [3.05, 3.63) is 65.7 Å². The van der Waals surface area contributed by atoms with Crippen LogP contribution in [0.1, 0.15) is 38.0 Å². The molecule has 1 atom stereocenters. The lowest BCUT2D eigenvalue weighted by Crippen LogP contribution is -2.40. The highest BCUT2D eigenvalue weighted by Crippen LogP contribution is 2.18. The first-order valence-corrected chi connectivity index (χ1v) is 10.3. The van der Waals surface area contributed by atoms with Gasteiger partial charge in [-0.15, -0.1) is 24.0 Å². The summed E-state index contributed by atoms with van der Waals surface area (Å²) < 4.78 is 5.62. The Morgan fingerprint density at radius 3 is 2.32 bits per heavy atom.